The fraction of sp³-hybridized carbons (Fsp3) is 0.647. The van der Waals surface area contributed by atoms with E-state index in [1.807, 2.05) is 6.07 Å². The van der Waals surface area contributed by atoms with E-state index >= 15 is 0 Å². The molecule has 2 nitrogen and oxygen atoms in total. The van der Waals surface area contributed by atoms with Gasteiger partial charge in [-0.2, -0.15) is 0 Å². The summed E-state index contributed by atoms with van der Waals surface area (Å²) in [5, 5.41) is 3.44. The van der Waals surface area contributed by atoms with E-state index in [-0.39, 0.29) is 5.82 Å². The number of benzene rings is 1. The Morgan fingerprint density at radius 1 is 1.30 bits per heavy atom. The van der Waals surface area contributed by atoms with E-state index in [9.17, 15) is 4.39 Å². The lowest BCUT2D eigenvalue weighted by atomic mass is 9.95. The first-order chi connectivity index (χ1) is 9.76. The summed E-state index contributed by atoms with van der Waals surface area (Å²) in [6.07, 6.45) is 6.21. The van der Waals surface area contributed by atoms with Gasteiger partial charge in [-0.15, -0.1) is 0 Å². The molecular weight excluding hydrogens is 251 g/mol. The second-order valence-electron chi connectivity index (χ2n) is 6.30. The lowest BCUT2D eigenvalue weighted by Crippen LogP contribution is -2.35. The number of hydrogen-bond acceptors (Lipinski definition) is 2. The highest BCUT2D eigenvalue weighted by Crippen LogP contribution is 2.28. The lowest BCUT2D eigenvalue weighted by molar-refractivity contribution is 0.401. The van der Waals surface area contributed by atoms with Crippen molar-refractivity contribution in [1.29, 1.82) is 0 Å². The maximum atomic E-state index is 14.3. The molecular formula is C17H25FN2. The van der Waals surface area contributed by atoms with Crippen LogP contribution in [0.4, 0.5) is 10.1 Å². The molecule has 2 aliphatic rings. The third-order valence-corrected chi connectivity index (χ3v) is 4.62. The van der Waals surface area contributed by atoms with Crippen molar-refractivity contribution in [2.45, 2.75) is 51.6 Å². The second-order valence-corrected chi connectivity index (χ2v) is 6.30. The summed E-state index contributed by atoms with van der Waals surface area (Å²) in [4.78, 5) is 2.23. The SMILES string of the molecule is CCC1CCCN(c2ccc(CNC3CC3)cc2F)C1. The molecule has 1 aromatic carbocycles. The number of nitrogens with one attached hydrogen (secondary N) is 1. The number of anilines is 1. The Morgan fingerprint density at radius 3 is 2.85 bits per heavy atom. The van der Waals surface area contributed by atoms with Crippen LogP contribution < -0.4 is 10.2 Å². The van der Waals surface area contributed by atoms with Gasteiger partial charge < -0.3 is 10.2 Å². The average Bonchev–Trinajstić information content (AvgIpc) is 3.29. The van der Waals surface area contributed by atoms with Crippen molar-refractivity contribution < 1.29 is 4.39 Å². The molecule has 1 atom stereocenters. The molecule has 3 rings (SSSR count). The summed E-state index contributed by atoms with van der Waals surface area (Å²) in [5.41, 5.74) is 1.85. The Hall–Kier alpha value is -1.09. The molecule has 1 aliphatic heterocycles. The van der Waals surface area contributed by atoms with Crippen LogP contribution in [0.5, 0.6) is 0 Å². The highest BCUT2D eigenvalue weighted by atomic mass is 19.1. The van der Waals surface area contributed by atoms with E-state index in [1.165, 1.54) is 32.1 Å². The Labute approximate surface area is 121 Å². The number of hydrogen-bond donors (Lipinski definition) is 1. The summed E-state index contributed by atoms with van der Waals surface area (Å²) in [7, 11) is 0. The number of piperidine rings is 1. The number of nitrogens with zero attached hydrogens (tertiary/aromatic N) is 1. The van der Waals surface area contributed by atoms with Gasteiger partial charge in [-0.25, -0.2) is 4.39 Å². The van der Waals surface area contributed by atoms with Crippen molar-refractivity contribution in [2.24, 2.45) is 5.92 Å². The van der Waals surface area contributed by atoms with Gasteiger partial charge in [0.05, 0.1) is 5.69 Å². The zero-order valence-corrected chi connectivity index (χ0v) is 12.4. The molecule has 0 spiro atoms. The molecule has 1 saturated heterocycles. The van der Waals surface area contributed by atoms with E-state index < -0.39 is 0 Å². The normalized spacial score (nSPS) is 23.1. The standard InChI is InChI=1S/C17H25FN2/c1-2-13-4-3-9-20(12-13)17-8-5-14(10-16(17)18)11-19-15-6-7-15/h5,8,10,13,15,19H,2-4,6-7,9,11-12H2,1H3. The van der Waals surface area contributed by atoms with Gasteiger partial charge >= 0.3 is 0 Å². The summed E-state index contributed by atoms with van der Waals surface area (Å²) in [6, 6.07) is 6.42. The van der Waals surface area contributed by atoms with E-state index in [0.29, 0.717) is 6.04 Å². The second kappa shape index (κ2) is 6.13. The summed E-state index contributed by atoms with van der Waals surface area (Å²) < 4.78 is 14.3. The van der Waals surface area contributed by atoms with Crippen LogP contribution in [0.2, 0.25) is 0 Å². The molecule has 1 unspecified atom stereocenters. The van der Waals surface area contributed by atoms with Crippen LogP contribution in [-0.2, 0) is 6.54 Å². The van der Waals surface area contributed by atoms with Crippen LogP contribution in [0, 0.1) is 11.7 Å². The monoisotopic (exact) mass is 276 g/mol. The Bertz CT molecular complexity index is 456. The predicted octanol–water partition coefficient (Wildman–Crippen LogP) is 3.70. The smallest absolute Gasteiger partial charge is 0.146 e. The van der Waals surface area contributed by atoms with Gasteiger partial charge in [-0.1, -0.05) is 19.4 Å². The minimum atomic E-state index is -0.0585. The van der Waals surface area contributed by atoms with Gasteiger partial charge in [-0.3, -0.25) is 0 Å². The third kappa shape index (κ3) is 3.32. The van der Waals surface area contributed by atoms with Crippen LogP contribution in [0.25, 0.3) is 0 Å². The molecule has 1 aromatic rings. The highest BCUT2D eigenvalue weighted by molar-refractivity contribution is 5.49. The van der Waals surface area contributed by atoms with Crippen molar-refractivity contribution in [3.63, 3.8) is 0 Å². The van der Waals surface area contributed by atoms with Gasteiger partial charge in [-0.05, 0) is 49.3 Å². The predicted molar refractivity (Wildman–Crippen MR) is 81.5 cm³/mol. The van der Waals surface area contributed by atoms with E-state index in [2.05, 4.69) is 23.2 Å². The van der Waals surface area contributed by atoms with Crippen LogP contribution in [0.15, 0.2) is 18.2 Å². The van der Waals surface area contributed by atoms with Crippen LogP contribution in [0.3, 0.4) is 0 Å². The molecule has 0 aromatic heterocycles. The molecule has 0 radical (unpaired) electrons. The molecule has 110 valence electrons. The molecule has 2 fully saturated rings. The van der Waals surface area contributed by atoms with E-state index in [4.69, 9.17) is 0 Å². The van der Waals surface area contributed by atoms with Crippen molar-refractivity contribution in [2.75, 3.05) is 18.0 Å². The van der Waals surface area contributed by atoms with Crippen molar-refractivity contribution in [3.05, 3.63) is 29.6 Å². The first kappa shape index (κ1) is 13.9. The van der Waals surface area contributed by atoms with Crippen molar-refractivity contribution in [3.8, 4) is 0 Å². The Morgan fingerprint density at radius 2 is 2.15 bits per heavy atom. The van der Waals surface area contributed by atoms with Gasteiger partial charge in [0, 0.05) is 25.7 Å². The fourth-order valence-electron chi connectivity index (χ4n) is 3.08. The first-order valence-electron chi connectivity index (χ1n) is 8.03. The maximum Gasteiger partial charge on any atom is 0.146 e. The van der Waals surface area contributed by atoms with Crippen LogP contribution in [0.1, 0.15) is 44.6 Å². The molecule has 1 N–H and O–H groups in total. The van der Waals surface area contributed by atoms with Gasteiger partial charge in [0.15, 0.2) is 0 Å². The molecule has 0 amide bonds. The van der Waals surface area contributed by atoms with Gasteiger partial charge in [0.25, 0.3) is 0 Å². The zero-order valence-electron chi connectivity index (χ0n) is 12.4. The van der Waals surface area contributed by atoms with E-state index in [0.717, 1.165) is 36.8 Å². The topological polar surface area (TPSA) is 15.3 Å². The highest BCUT2D eigenvalue weighted by Gasteiger charge is 2.22. The van der Waals surface area contributed by atoms with Gasteiger partial charge in [0.1, 0.15) is 5.82 Å². The fourth-order valence-corrected chi connectivity index (χ4v) is 3.08. The van der Waals surface area contributed by atoms with Gasteiger partial charge in [0.2, 0.25) is 0 Å². The van der Waals surface area contributed by atoms with Crippen LogP contribution >= 0.6 is 0 Å². The molecule has 1 heterocycles. The molecule has 3 heteroatoms. The van der Waals surface area contributed by atoms with Crippen LogP contribution in [-0.4, -0.2) is 19.1 Å². The Balaban J connectivity index is 1.66. The van der Waals surface area contributed by atoms with E-state index in [1.54, 1.807) is 6.07 Å². The quantitative estimate of drug-likeness (QED) is 0.882. The lowest BCUT2D eigenvalue weighted by Gasteiger charge is -2.34. The summed E-state index contributed by atoms with van der Waals surface area (Å²) >= 11 is 0. The number of halogens is 1. The van der Waals surface area contributed by atoms with Crippen molar-refractivity contribution in [1.82, 2.24) is 5.32 Å². The Kier molecular flexibility index (Phi) is 4.25. The third-order valence-electron chi connectivity index (χ3n) is 4.62. The summed E-state index contributed by atoms with van der Waals surface area (Å²) in [5.74, 6) is 0.663. The molecule has 0 bridgehead atoms. The largest absolute Gasteiger partial charge is 0.369 e. The zero-order chi connectivity index (χ0) is 13.9. The molecule has 1 aliphatic carbocycles. The average molecular weight is 276 g/mol. The first-order valence-corrected chi connectivity index (χ1v) is 8.03. The summed E-state index contributed by atoms with van der Waals surface area (Å²) in [6.45, 7) is 5.02. The molecule has 1 saturated carbocycles. The number of rotatable bonds is 5. The minimum absolute atomic E-state index is 0.0585. The maximum absolute atomic E-state index is 14.3. The molecule has 20 heavy (non-hydrogen) atoms. The minimum Gasteiger partial charge on any atom is -0.369 e. The van der Waals surface area contributed by atoms with Crippen molar-refractivity contribution >= 4 is 5.69 Å².